The summed E-state index contributed by atoms with van der Waals surface area (Å²) in [5.41, 5.74) is 0.407. The Morgan fingerprint density at radius 2 is 2.17 bits per heavy atom. The third-order valence-electron chi connectivity index (χ3n) is 2.15. The molecule has 18 heavy (non-hydrogen) atoms. The van der Waals surface area contributed by atoms with E-state index in [0.29, 0.717) is 22.3 Å². The average Bonchev–Trinajstić information content (AvgIpc) is 2.36. The molecule has 0 aliphatic rings. The molecule has 6 heteroatoms. The molecule has 1 N–H and O–H groups in total. The van der Waals surface area contributed by atoms with E-state index in [1.165, 1.54) is 6.07 Å². The molecule has 1 heterocycles. The van der Waals surface area contributed by atoms with Crippen LogP contribution < -0.4 is 5.56 Å². The highest BCUT2D eigenvalue weighted by atomic mass is 35.5. The highest BCUT2D eigenvalue weighted by Gasteiger charge is 2.02. The lowest BCUT2D eigenvalue weighted by Gasteiger charge is -2.03. The number of halogens is 2. The third-order valence-corrected chi connectivity index (χ3v) is 3.67. The predicted molar refractivity (Wildman–Crippen MR) is 75.4 cm³/mol. The largest absolute Gasteiger partial charge is 0.310 e. The number of nitrogens with one attached hydrogen (secondary N) is 1. The minimum Gasteiger partial charge on any atom is -0.310 e. The van der Waals surface area contributed by atoms with Crippen molar-refractivity contribution in [1.29, 1.82) is 0 Å². The second-order valence-corrected chi connectivity index (χ2v) is 5.32. The van der Waals surface area contributed by atoms with Crippen molar-refractivity contribution >= 4 is 35.0 Å². The molecule has 1 aromatic heterocycles. The first-order valence-electron chi connectivity index (χ1n) is 5.21. The number of thioether (sulfide) groups is 1. The first-order valence-corrected chi connectivity index (χ1v) is 7.10. The van der Waals surface area contributed by atoms with Crippen LogP contribution >= 0.6 is 35.0 Å². The Morgan fingerprint density at radius 1 is 1.33 bits per heavy atom. The van der Waals surface area contributed by atoms with Crippen LogP contribution in [0.5, 0.6) is 0 Å². The summed E-state index contributed by atoms with van der Waals surface area (Å²) in [7, 11) is 0. The van der Waals surface area contributed by atoms with Crippen molar-refractivity contribution in [2.45, 2.75) is 16.5 Å². The average molecular weight is 301 g/mol. The molecular formula is C12H10Cl2N2OS. The zero-order valence-corrected chi connectivity index (χ0v) is 11.6. The molecule has 0 radical (unpaired) electrons. The molecule has 0 unspecified atom stereocenters. The van der Waals surface area contributed by atoms with Crippen LogP contribution in [0, 0.1) is 0 Å². The van der Waals surface area contributed by atoms with E-state index in [0.717, 1.165) is 4.90 Å². The van der Waals surface area contributed by atoms with Gasteiger partial charge in [-0.3, -0.25) is 4.79 Å². The molecule has 1 aromatic carbocycles. The van der Waals surface area contributed by atoms with Crippen molar-refractivity contribution < 1.29 is 0 Å². The van der Waals surface area contributed by atoms with Crippen LogP contribution in [0.3, 0.4) is 0 Å². The van der Waals surface area contributed by atoms with E-state index in [2.05, 4.69) is 9.97 Å². The minimum atomic E-state index is -0.178. The van der Waals surface area contributed by atoms with Crippen molar-refractivity contribution in [3.05, 3.63) is 57.2 Å². The second kappa shape index (κ2) is 6.27. The Kier molecular flexibility index (Phi) is 4.69. The standard InChI is InChI=1S/C12H10Cl2N2OS/c13-6-9-5-12(17)16-11(15-9)7-18-10-3-1-2-8(14)4-10/h1-5H,6-7H2,(H,15,16,17). The molecule has 0 atom stereocenters. The molecule has 0 aliphatic carbocycles. The first kappa shape index (κ1) is 13.5. The summed E-state index contributed by atoms with van der Waals surface area (Å²) in [6.07, 6.45) is 0. The number of H-pyrrole nitrogens is 1. The van der Waals surface area contributed by atoms with Gasteiger partial charge in [0, 0.05) is 16.0 Å². The Morgan fingerprint density at radius 3 is 2.89 bits per heavy atom. The van der Waals surface area contributed by atoms with Gasteiger partial charge in [-0.1, -0.05) is 17.7 Å². The van der Waals surface area contributed by atoms with Crippen LogP contribution in [0.15, 0.2) is 40.0 Å². The Hall–Kier alpha value is -0.970. The molecule has 0 fully saturated rings. The maximum Gasteiger partial charge on any atom is 0.251 e. The molecule has 0 amide bonds. The zero-order valence-electron chi connectivity index (χ0n) is 9.32. The fourth-order valence-electron chi connectivity index (χ4n) is 1.41. The van der Waals surface area contributed by atoms with E-state index in [-0.39, 0.29) is 11.4 Å². The number of nitrogens with zero attached hydrogens (tertiary/aromatic N) is 1. The number of alkyl halides is 1. The Bertz CT molecular complexity index is 601. The molecule has 0 saturated heterocycles. The van der Waals surface area contributed by atoms with Crippen molar-refractivity contribution in [2.75, 3.05) is 0 Å². The molecule has 3 nitrogen and oxygen atoms in total. The molecule has 0 bridgehead atoms. The maximum absolute atomic E-state index is 11.4. The number of hydrogen-bond donors (Lipinski definition) is 1. The van der Waals surface area contributed by atoms with Gasteiger partial charge in [0.1, 0.15) is 5.82 Å². The van der Waals surface area contributed by atoms with Gasteiger partial charge >= 0.3 is 0 Å². The molecular weight excluding hydrogens is 291 g/mol. The summed E-state index contributed by atoms with van der Waals surface area (Å²) in [4.78, 5) is 19.3. The van der Waals surface area contributed by atoms with E-state index in [1.807, 2.05) is 24.3 Å². The number of hydrogen-bond acceptors (Lipinski definition) is 3. The summed E-state index contributed by atoms with van der Waals surface area (Å²) >= 11 is 13.1. The molecule has 0 aliphatic heterocycles. The lowest BCUT2D eigenvalue weighted by molar-refractivity contribution is 0.959. The molecule has 2 aromatic rings. The summed E-state index contributed by atoms with van der Waals surface area (Å²) in [5.74, 6) is 1.42. The van der Waals surface area contributed by atoms with Gasteiger partial charge in [0.15, 0.2) is 0 Å². The summed E-state index contributed by atoms with van der Waals surface area (Å²) < 4.78 is 0. The Labute approximate surface area is 119 Å². The van der Waals surface area contributed by atoms with E-state index in [4.69, 9.17) is 23.2 Å². The van der Waals surface area contributed by atoms with Crippen molar-refractivity contribution in [3.63, 3.8) is 0 Å². The van der Waals surface area contributed by atoms with Gasteiger partial charge in [0.2, 0.25) is 0 Å². The monoisotopic (exact) mass is 300 g/mol. The van der Waals surface area contributed by atoms with Crippen LogP contribution in [0.25, 0.3) is 0 Å². The number of aromatic nitrogens is 2. The number of aromatic amines is 1. The summed E-state index contributed by atoms with van der Waals surface area (Å²) in [6.45, 7) is 0. The fraction of sp³-hybridized carbons (Fsp3) is 0.167. The van der Waals surface area contributed by atoms with Crippen LogP contribution in [0.2, 0.25) is 5.02 Å². The van der Waals surface area contributed by atoms with E-state index in [1.54, 1.807) is 11.8 Å². The zero-order chi connectivity index (χ0) is 13.0. The predicted octanol–water partition coefficient (Wildman–Crippen LogP) is 3.45. The van der Waals surface area contributed by atoms with E-state index in [9.17, 15) is 4.79 Å². The minimum absolute atomic E-state index is 0.178. The smallest absolute Gasteiger partial charge is 0.251 e. The molecule has 94 valence electrons. The van der Waals surface area contributed by atoms with Gasteiger partial charge in [-0.2, -0.15) is 0 Å². The van der Waals surface area contributed by atoms with Gasteiger partial charge in [-0.05, 0) is 18.2 Å². The van der Waals surface area contributed by atoms with Gasteiger partial charge in [-0.15, -0.1) is 23.4 Å². The molecule has 0 spiro atoms. The maximum atomic E-state index is 11.4. The van der Waals surface area contributed by atoms with Gasteiger partial charge in [0.05, 0.1) is 17.3 Å². The van der Waals surface area contributed by atoms with Crippen LogP contribution in [-0.4, -0.2) is 9.97 Å². The summed E-state index contributed by atoms with van der Waals surface area (Å²) in [5, 5.41) is 0.691. The van der Waals surface area contributed by atoms with E-state index < -0.39 is 0 Å². The van der Waals surface area contributed by atoms with Gasteiger partial charge < -0.3 is 4.98 Å². The van der Waals surface area contributed by atoms with Gasteiger partial charge in [0.25, 0.3) is 5.56 Å². The Balaban J connectivity index is 2.10. The highest BCUT2D eigenvalue weighted by Crippen LogP contribution is 2.23. The lowest BCUT2D eigenvalue weighted by Crippen LogP contribution is -2.11. The number of benzene rings is 1. The van der Waals surface area contributed by atoms with Crippen molar-refractivity contribution in [3.8, 4) is 0 Å². The van der Waals surface area contributed by atoms with Crippen molar-refractivity contribution in [2.24, 2.45) is 0 Å². The summed E-state index contributed by atoms with van der Waals surface area (Å²) in [6, 6.07) is 8.94. The number of rotatable bonds is 4. The van der Waals surface area contributed by atoms with Crippen LogP contribution in [0.4, 0.5) is 0 Å². The van der Waals surface area contributed by atoms with Gasteiger partial charge in [-0.25, -0.2) is 4.98 Å². The molecule has 2 rings (SSSR count). The van der Waals surface area contributed by atoms with Crippen LogP contribution in [-0.2, 0) is 11.6 Å². The topological polar surface area (TPSA) is 45.8 Å². The second-order valence-electron chi connectivity index (χ2n) is 3.56. The highest BCUT2D eigenvalue weighted by molar-refractivity contribution is 7.98. The fourth-order valence-corrected chi connectivity index (χ4v) is 2.63. The quantitative estimate of drug-likeness (QED) is 0.695. The van der Waals surface area contributed by atoms with Crippen molar-refractivity contribution in [1.82, 2.24) is 9.97 Å². The lowest BCUT2D eigenvalue weighted by atomic mass is 10.4. The SMILES string of the molecule is O=c1cc(CCl)nc(CSc2cccc(Cl)c2)[nH]1. The first-order chi connectivity index (χ1) is 8.67. The normalized spacial score (nSPS) is 10.6. The third kappa shape index (κ3) is 3.77. The van der Waals surface area contributed by atoms with E-state index >= 15 is 0 Å². The van der Waals surface area contributed by atoms with Crippen LogP contribution in [0.1, 0.15) is 11.5 Å². The molecule has 0 saturated carbocycles.